The lowest BCUT2D eigenvalue weighted by Gasteiger charge is -2.37. The molecule has 98 valence electrons. The standard InChI is InChI=1S/C17H20N2/c1-15-6-5-9-17(14-15)19-12-10-18(11-13-19)16-7-3-2-4-8-16/h2-9,14H,10-13H2,1H3. The van der Waals surface area contributed by atoms with E-state index in [0.29, 0.717) is 0 Å². The van der Waals surface area contributed by atoms with Crippen molar-refractivity contribution in [1.82, 2.24) is 0 Å². The van der Waals surface area contributed by atoms with Crippen LogP contribution in [0.2, 0.25) is 0 Å². The molecule has 2 nitrogen and oxygen atoms in total. The van der Waals surface area contributed by atoms with E-state index in [1.165, 1.54) is 16.9 Å². The molecule has 0 aliphatic carbocycles. The maximum atomic E-state index is 2.48. The van der Waals surface area contributed by atoms with Crippen molar-refractivity contribution in [2.75, 3.05) is 36.0 Å². The Morgan fingerprint density at radius 2 is 1.26 bits per heavy atom. The van der Waals surface area contributed by atoms with Gasteiger partial charge in [-0.15, -0.1) is 0 Å². The minimum Gasteiger partial charge on any atom is -0.368 e. The van der Waals surface area contributed by atoms with E-state index < -0.39 is 0 Å². The molecule has 0 radical (unpaired) electrons. The lowest BCUT2D eigenvalue weighted by Crippen LogP contribution is -2.46. The molecule has 0 unspecified atom stereocenters. The van der Waals surface area contributed by atoms with Gasteiger partial charge in [-0.25, -0.2) is 0 Å². The highest BCUT2D eigenvalue weighted by atomic mass is 15.3. The van der Waals surface area contributed by atoms with Crippen LogP contribution >= 0.6 is 0 Å². The number of benzene rings is 2. The lowest BCUT2D eigenvalue weighted by atomic mass is 10.2. The fourth-order valence-electron chi connectivity index (χ4n) is 2.69. The number of piperazine rings is 1. The zero-order chi connectivity index (χ0) is 13.1. The van der Waals surface area contributed by atoms with Crippen LogP contribution in [0.15, 0.2) is 54.6 Å². The first-order valence-electron chi connectivity index (χ1n) is 6.94. The smallest absolute Gasteiger partial charge is 0.0370 e. The Morgan fingerprint density at radius 3 is 1.89 bits per heavy atom. The summed E-state index contributed by atoms with van der Waals surface area (Å²) in [4.78, 5) is 4.94. The fraction of sp³-hybridized carbons (Fsp3) is 0.294. The van der Waals surface area contributed by atoms with E-state index in [0.717, 1.165) is 26.2 Å². The summed E-state index contributed by atoms with van der Waals surface area (Å²) < 4.78 is 0. The lowest BCUT2D eigenvalue weighted by molar-refractivity contribution is 0.653. The SMILES string of the molecule is Cc1cccc(N2CCN(c3ccccc3)CC2)c1. The van der Waals surface area contributed by atoms with Gasteiger partial charge in [0.2, 0.25) is 0 Å². The Balaban J connectivity index is 1.67. The maximum absolute atomic E-state index is 2.48. The van der Waals surface area contributed by atoms with Crippen LogP contribution in [0, 0.1) is 6.92 Å². The van der Waals surface area contributed by atoms with Crippen molar-refractivity contribution >= 4 is 11.4 Å². The van der Waals surface area contributed by atoms with Gasteiger partial charge in [-0.3, -0.25) is 0 Å². The summed E-state index contributed by atoms with van der Waals surface area (Å²) >= 11 is 0. The van der Waals surface area contributed by atoms with Crippen molar-refractivity contribution in [3.63, 3.8) is 0 Å². The average Bonchev–Trinajstić information content (AvgIpc) is 2.48. The summed E-state index contributed by atoms with van der Waals surface area (Å²) in [6.07, 6.45) is 0. The molecule has 0 amide bonds. The van der Waals surface area contributed by atoms with E-state index in [-0.39, 0.29) is 0 Å². The highest BCUT2D eigenvalue weighted by Gasteiger charge is 2.17. The summed E-state index contributed by atoms with van der Waals surface area (Å²) in [6, 6.07) is 19.5. The predicted molar refractivity (Wildman–Crippen MR) is 82.0 cm³/mol. The van der Waals surface area contributed by atoms with Gasteiger partial charge in [0.05, 0.1) is 0 Å². The van der Waals surface area contributed by atoms with Crippen LogP contribution in [-0.4, -0.2) is 26.2 Å². The van der Waals surface area contributed by atoms with Crippen molar-refractivity contribution < 1.29 is 0 Å². The Hall–Kier alpha value is -1.96. The third-order valence-electron chi connectivity index (χ3n) is 3.77. The molecule has 0 aromatic heterocycles. The average molecular weight is 252 g/mol. The monoisotopic (exact) mass is 252 g/mol. The third kappa shape index (κ3) is 2.73. The number of nitrogens with zero attached hydrogens (tertiary/aromatic N) is 2. The molecule has 2 aromatic rings. The van der Waals surface area contributed by atoms with Crippen LogP contribution in [0.5, 0.6) is 0 Å². The van der Waals surface area contributed by atoms with E-state index >= 15 is 0 Å². The van der Waals surface area contributed by atoms with Gasteiger partial charge < -0.3 is 9.80 Å². The van der Waals surface area contributed by atoms with Crippen molar-refractivity contribution in [2.45, 2.75) is 6.92 Å². The number of hydrogen-bond acceptors (Lipinski definition) is 2. The molecule has 1 aliphatic rings. The first-order chi connectivity index (χ1) is 9.33. The van der Waals surface area contributed by atoms with E-state index in [2.05, 4.69) is 71.3 Å². The van der Waals surface area contributed by atoms with E-state index in [9.17, 15) is 0 Å². The minimum atomic E-state index is 1.10. The Labute approximate surface area is 115 Å². The molecule has 0 atom stereocenters. The number of aryl methyl sites for hydroxylation is 1. The molecule has 2 aromatic carbocycles. The molecule has 0 bridgehead atoms. The summed E-state index contributed by atoms with van der Waals surface area (Å²) in [6.45, 7) is 6.54. The van der Waals surface area contributed by atoms with Crippen molar-refractivity contribution in [1.29, 1.82) is 0 Å². The summed E-state index contributed by atoms with van der Waals surface area (Å²) in [5, 5.41) is 0. The van der Waals surface area contributed by atoms with Gasteiger partial charge in [-0.05, 0) is 36.8 Å². The number of para-hydroxylation sites is 1. The van der Waals surface area contributed by atoms with Crippen LogP contribution in [0.3, 0.4) is 0 Å². The van der Waals surface area contributed by atoms with E-state index in [1.807, 2.05) is 0 Å². The van der Waals surface area contributed by atoms with Crippen LogP contribution < -0.4 is 9.80 Å². The third-order valence-corrected chi connectivity index (χ3v) is 3.77. The van der Waals surface area contributed by atoms with Crippen molar-refractivity contribution in [2.24, 2.45) is 0 Å². The molecule has 0 N–H and O–H groups in total. The van der Waals surface area contributed by atoms with Gasteiger partial charge in [0, 0.05) is 37.6 Å². The molecular formula is C17H20N2. The second-order valence-corrected chi connectivity index (χ2v) is 5.15. The molecule has 1 saturated heterocycles. The van der Waals surface area contributed by atoms with Gasteiger partial charge in [-0.2, -0.15) is 0 Å². The molecule has 0 spiro atoms. The van der Waals surface area contributed by atoms with Crippen LogP contribution in [0.25, 0.3) is 0 Å². The first kappa shape index (κ1) is 12.1. The summed E-state index contributed by atoms with van der Waals surface area (Å²) in [5.41, 5.74) is 4.03. The van der Waals surface area contributed by atoms with Crippen LogP contribution in [-0.2, 0) is 0 Å². The zero-order valence-electron chi connectivity index (χ0n) is 11.4. The number of anilines is 2. The van der Waals surface area contributed by atoms with Gasteiger partial charge in [0.15, 0.2) is 0 Å². The highest BCUT2D eigenvalue weighted by molar-refractivity contribution is 5.52. The molecule has 2 heteroatoms. The van der Waals surface area contributed by atoms with Gasteiger partial charge in [0.1, 0.15) is 0 Å². The van der Waals surface area contributed by atoms with Gasteiger partial charge >= 0.3 is 0 Å². The number of rotatable bonds is 2. The molecule has 3 rings (SSSR count). The van der Waals surface area contributed by atoms with Gasteiger partial charge in [0.25, 0.3) is 0 Å². The zero-order valence-corrected chi connectivity index (χ0v) is 11.4. The Bertz CT molecular complexity index is 528. The second kappa shape index (κ2) is 5.35. The summed E-state index contributed by atoms with van der Waals surface area (Å²) in [5.74, 6) is 0. The molecule has 19 heavy (non-hydrogen) atoms. The number of hydrogen-bond donors (Lipinski definition) is 0. The van der Waals surface area contributed by atoms with Crippen LogP contribution in [0.4, 0.5) is 11.4 Å². The second-order valence-electron chi connectivity index (χ2n) is 5.15. The van der Waals surface area contributed by atoms with E-state index in [4.69, 9.17) is 0 Å². The molecule has 1 aliphatic heterocycles. The Morgan fingerprint density at radius 1 is 0.684 bits per heavy atom. The van der Waals surface area contributed by atoms with Crippen molar-refractivity contribution in [3.05, 3.63) is 60.2 Å². The Kier molecular flexibility index (Phi) is 3.41. The predicted octanol–water partition coefficient (Wildman–Crippen LogP) is 3.32. The fourth-order valence-corrected chi connectivity index (χ4v) is 2.69. The van der Waals surface area contributed by atoms with E-state index in [1.54, 1.807) is 0 Å². The normalized spacial score (nSPS) is 15.6. The molecule has 0 saturated carbocycles. The van der Waals surface area contributed by atoms with Crippen molar-refractivity contribution in [3.8, 4) is 0 Å². The highest BCUT2D eigenvalue weighted by Crippen LogP contribution is 2.20. The largest absolute Gasteiger partial charge is 0.368 e. The first-order valence-corrected chi connectivity index (χ1v) is 6.94. The minimum absolute atomic E-state index is 1.10. The molecule has 1 fully saturated rings. The topological polar surface area (TPSA) is 6.48 Å². The molecular weight excluding hydrogens is 232 g/mol. The maximum Gasteiger partial charge on any atom is 0.0370 e. The van der Waals surface area contributed by atoms with Gasteiger partial charge in [-0.1, -0.05) is 30.3 Å². The molecule has 1 heterocycles. The van der Waals surface area contributed by atoms with Crippen LogP contribution in [0.1, 0.15) is 5.56 Å². The quantitative estimate of drug-likeness (QED) is 0.809. The summed E-state index contributed by atoms with van der Waals surface area (Å²) in [7, 11) is 0.